The van der Waals surface area contributed by atoms with Crippen molar-refractivity contribution in [2.24, 2.45) is 5.92 Å². The molecular weight excluding hydrogens is 182 g/mol. The van der Waals surface area contributed by atoms with Crippen LogP contribution in [0.2, 0.25) is 0 Å². The zero-order valence-corrected chi connectivity index (χ0v) is 10.5. The SMILES string of the molecule is CC(CCC1CCCC1)NC1(C)CCC1. The van der Waals surface area contributed by atoms with Crippen molar-refractivity contribution in [3.63, 3.8) is 0 Å². The molecule has 2 aliphatic rings. The Morgan fingerprint density at radius 2 is 1.87 bits per heavy atom. The summed E-state index contributed by atoms with van der Waals surface area (Å²) < 4.78 is 0. The molecule has 1 nitrogen and oxygen atoms in total. The Bertz CT molecular complexity index is 190. The van der Waals surface area contributed by atoms with Gasteiger partial charge in [-0.15, -0.1) is 0 Å². The minimum absolute atomic E-state index is 0.495. The molecule has 0 aliphatic heterocycles. The van der Waals surface area contributed by atoms with Gasteiger partial charge in [0.1, 0.15) is 0 Å². The predicted molar refractivity (Wildman–Crippen MR) is 66.0 cm³/mol. The highest BCUT2D eigenvalue weighted by atomic mass is 15.0. The molecule has 2 aliphatic carbocycles. The summed E-state index contributed by atoms with van der Waals surface area (Å²) >= 11 is 0. The van der Waals surface area contributed by atoms with E-state index in [9.17, 15) is 0 Å². The Hall–Kier alpha value is -0.0400. The largest absolute Gasteiger partial charge is 0.309 e. The quantitative estimate of drug-likeness (QED) is 0.724. The summed E-state index contributed by atoms with van der Waals surface area (Å²) in [7, 11) is 0. The summed E-state index contributed by atoms with van der Waals surface area (Å²) in [6.45, 7) is 4.76. The van der Waals surface area contributed by atoms with Crippen molar-refractivity contribution in [2.75, 3.05) is 0 Å². The van der Waals surface area contributed by atoms with Crippen LogP contribution < -0.4 is 5.32 Å². The minimum atomic E-state index is 0.495. The zero-order chi connectivity index (χ0) is 10.7. The maximum Gasteiger partial charge on any atom is 0.0155 e. The van der Waals surface area contributed by atoms with Gasteiger partial charge >= 0.3 is 0 Å². The second-order valence-corrected chi connectivity index (χ2v) is 6.19. The Kier molecular flexibility index (Phi) is 3.71. The van der Waals surface area contributed by atoms with E-state index in [2.05, 4.69) is 19.2 Å². The zero-order valence-electron chi connectivity index (χ0n) is 10.5. The molecule has 1 N–H and O–H groups in total. The third-order valence-electron chi connectivity index (χ3n) is 4.53. The van der Waals surface area contributed by atoms with Gasteiger partial charge in [0.05, 0.1) is 0 Å². The lowest BCUT2D eigenvalue weighted by Crippen LogP contribution is -2.51. The van der Waals surface area contributed by atoms with Crippen LogP contribution >= 0.6 is 0 Å². The average molecular weight is 209 g/mol. The van der Waals surface area contributed by atoms with Crippen LogP contribution in [0.5, 0.6) is 0 Å². The molecule has 1 atom stereocenters. The van der Waals surface area contributed by atoms with Gasteiger partial charge in [-0.1, -0.05) is 25.7 Å². The molecule has 0 spiro atoms. The summed E-state index contributed by atoms with van der Waals surface area (Å²) in [5, 5.41) is 3.82. The first-order valence-corrected chi connectivity index (χ1v) is 6.96. The molecule has 2 rings (SSSR count). The first-order chi connectivity index (χ1) is 7.18. The third kappa shape index (κ3) is 3.21. The molecular formula is C14H27N. The predicted octanol–water partition coefficient (Wildman–Crippen LogP) is 3.88. The van der Waals surface area contributed by atoms with Crippen molar-refractivity contribution < 1.29 is 0 Å². The van der Waals surface area contributed by atoms with Gasteiger partial charge in [0.2, 0.25) is 0 Å². The third-order valence-corrected chi connectivity index (χ3v) is 4.53. The smallest absolute Gasteiger partial charge is 0.0155 e. The van der Waals surface area contributed by atoms with Gasteiger partial charge in [-0.3, -0.25) is 0 Å². The number of nitrogens with one attached hydrogen (secondary N) is 1. The lowest BCUT2D eigenvalue weighted by molar-refractivity contribution is 0.183. The van der Waals surface area contributed by atoms with Crippen molar-refractivity contribution >= 4 is 0 Å². The van der Waals surface area contributed by atoms with E-state index in [4.69, 9.17) is 0 Å². The molecule has 1 unspecified atom stereocenters. The Morgan fingerprint density at radius 3 is 2.40 bits per heavy atom. The van der Waals surface area contributed by atoms with Crippen molar-refractivity contribution in [3.05, 3.63) is 0 Å². The molecule has 2 fully saturated rings. The second kappa shape index (κ2) is 4.86. The first kappa shape index (κ1) is 11.4. The second-order valence-electron chi connectivity index (χ2n) is 6.19. The normalized spacial score (nSPS) is 27.6. The van der Waals surface area contributed by atoms with Crippen LogP contribution in [0.3, 0.4) is 0 Å². The number of hydrogen-bond donors (Lipinski definition) is 1. The van der Waals surface area contributed by atoms with E-state index in [-0.39, 0.29) is 0 Å². The summed E-state index contributed by atoms with van der Waals surface area (Å²) in [5.41, 5.74) is 0.495. The number of rotatable bonds is 5. The maximum atomic E-state index is 3.82. The fraction of sp³-hybridized carbons (Fsp3) is 1.00. The summed E-state index contributed by atoms with van der Waals surface area (Å²) in [6.07, 6.45) is 13.0. The van der Waals surface area contributed by atoms with Gasteiger partial charge in [0, 0.05) is 11.6 Å². The Labute approximate surface area is 95.0 Å². The molecule has 15 heavy (non-hydrogen) atoms. The van der Waals surface area contributed by atoms with Gasteiger partial charge in [0.25, 0.3) is 0 Å². The average Bonchev–Trinajstić information content (AvgIpc) is 2.64. The van der Waals surface area contributed by atoms with E-state index >= 15 is 0 Å². The highest BCUT2D eigenvalue weighted by Crippen LogP contribution is 2.33. The van der Waals surface area contributed by atoms with Crippen molar-refractivity contribution in [1.82, 2.24) is 5.32 Å². The van der Waals surface area contributed by atoms with Crippen LogP contribution in [0, 0.1) is 5.92 Å². The molecule has 0 radical (unpaired) electrons. The summed E-state index contributed by atoms with van der Waals surface area (Å²) in [6, 6.07) is 0.732. The van der Waals surface area contributed by atoms with Crippen molar-refractivity contribution in [2.45, 2.75) is 83.2 Å². The fourth-order valence-electron chi connectivity index (χ4n) is 3.30. The lowest BCUT2D eigenvalue weighted by atomic mass is 9.78. The van der Waals surface area contributed by atoms with Crippen LogP contribution in [0.4, 0.5) is 0 Å². The summed E-state index contributed by atoms with van der Waals surface area (Å²) in [4.78, 5) is 0. The van der Waals surface area contributed by atoms with E-state index in [1.165, 1.54) is 57.8 Å². The first-order valence-electron chi connectivity index (χ1n) is 6.96. The highest BCUT2D eigenvalue weighted by Gasteiger charge is 2.32. The molecule has 0 aromatic carbocycles. The minimum Gasteiger partial charge on any atom is -0.309 e. The molecule has 1 heteroatoms. The van der Waals surface area contributed by atoms with Crippen molar-refractivity contribution in [1.29, 1.82) is 0 Å². The highest BCUT2D eigenvalue weighted by molar-refractivity contribution is 4.93. The summed E-state index contributed by atoms with van der Waals surface area (Å²) in [5.74, 6) is 1.06. The Morgan fingerprint density at radius 1 is 1.20 bits per heavy atom. The molecule has 0 aromatic rings. The molecule has 0 amide bonds. The van der Waals surface area contributed by atoms with Gasteiger partial charge in [-0.05, 0) is 51.9 Å². The van der Waals surface area contributed by atoms with E-state index in [1.54, 1.807) is 0 Å². The Balaban J connectivity index is 1.61. The van der Waals surface area contributed by atoms with Gasteiger partial charge in [-0.25, -0.2) is 0 Å². The molecule has 0 heterocycles. The van der Waals surface area contributed by atoms with Crippen LogP contribution in [0.15, 0.2) is 0 Å². The van der Waals surface area contributed by atoms with Crippen molar-refractivity contribution in [3.8, 4) is 0 Å². The van der Waals surface area contributed by atoms with E-state index in [0.717, 1.165) is 12.0 Å². The van der Waals surface area contributed by atoms with E-state index < -0.39 is 0 Å². The van der Waals surface area contributed by atoms with Gasteiger partial charge in [0.15, 0.2) is 0 Å². The van der Waals surface area contributed by atoms with Crippen LogP contribution in [0.1, 0.15) is 71.6 Å². The molecule has 88 valence electrons. The van der Waals surface area contributed by atoms with Crippen LogP contribution in [-0.4, -0.2) is 11.6 Å². The number of hydrogen-bond acceptors (Lipinski definition) is 1. The van der Waals surface area contributed by atoms with Gasteiger partial charge < -0.3 is 5.32 Å². The van der Waals surface area contributed by atoms with Crippen LogP contribution in [-0.2, 0) is 0 Å². The molecule has 0 bridgehead atoms. The van der Waals surface area contributed by atoms with Gasteiger partial charge in [-0.2, -0.15) is 0 Å². The standard InChI is InChI=1S/C14H27N/c1-12(15-14(2)10-5-11-14)8-9-13-6-3-4-7-13/h12-13,15H,3-11H2,1-2H3. The van der Waals surface area contributed by atoms with E-state index in [1.807, 2.05) is 0 Å². The lowest BCUT2D eigenvalue weighted by Gasteiger charge is -2.42. The van der Waals surface area contributed by atoms with Crippen LogP contribution in [0.25, 0.3) is 0 Å². The molecule has 2 saturated carbocycles. The molecule has 0 saturated heterocycles. The topological polar surface area (TPSA) is 12.0 Å². The van der Waals surface area contributed by atoms with E-state index in [0.29, 0.717) is 5.54 Å². The molecule has 0 aromatic heterocycles. The maximum absolute atomic E-state index is 3.82. The fourth-order valence-corrected chi connectivity index (χ4v) is 3.30. The monoisotopic (exact) mass is 209 g/mol.